The maximum atomic E-state index is 11.1. The standard InChI is InChI=1S/C15H18N4O2/c20-19(21)14-4-2-1-3-12(14)13-10-17-15(18-13)9-11-5-7-16-8-6-11/h1-4,10-11,16H,5-9H2,(H,17,18). The van der Waals surface area contributed by atoms with Gasteiger partial charge in [-0.2, -0.15) is 0 Å². The van der Waals surface area contributed by atoms with Crippen LogP contribution in [-0.4, -0.2) is 28.0 Å². The molecule has 6 nitrogen and oxygen atoms in total. The number of nitrogens with one attached hydrogen (secondary N) is 2. The van der Waals surface area contributed by atoms with Gasteiger partial charge in [-0.1, -0.05) is 12.1 Å². The molecule has 0 radical (unpaired) electrons. The van der Waals surface area contributed by atoms with E-state index in [1.54, 1.807) is 24.4 Å². The molecule has 1 saturated heterocycles. The summed E-state index contributed by atoms with van der Waals surface area (Å²) in [4.78, 5) is 18.3. The molecule has 0 aliphatic carbocycles. The summed E-state index contributed by atoms with van der Waals surface area (Å²) in [6.45, 7) is 2.12. The van der Waals surface area contributed by atoms with Gasteiger partial charge >= 0.3 is 0 Å². The number of rotatable bonds is 4. The van der Waals surface area contributed by atoms with E-state index in [9.17, 15) is 10.1 Å². The Kier molecular flexibility index (Phi) is 3.96. The topological polar surface area (TPSA) is 83.8 Å². The van der Waals surface area contributed by atoms with Gasteiger partial charge in [-0.25, -0.2) is 4.98 Å². The first-order valence-electron chi connectivity index (χ1n) is 7.22. The highest BCUT2D eigenvalue weighted by Crippen LogP contribution is 2.28. The minimum atomic E-state index is -0.358. The number of nitro groups is 1. The molecule has 0 unspecified atom stereocenters. The molecule has 110 valence electrons. The van der Waals surface area contributed by atoms with Crippen molar-refractivity contribution in [2.24, 2.45) is 5.92 Å². The van der Waals surface area contributed by atoms with Gasteiger partial charge in [0.25, 0.3) is 5.69 Å². The van der Waals surface area contributed by atoms with Gasteiger partial charge in [0, 0.05) is 12.5 Å². The Morgan fingerprint density at radius 3 is 2.81 bits per heavy atom. The number of aromatic nitrogens is 2. The second-order valence-electron chi connectivity index (χ2n) is 5.42. The molecular formula is C15H18N4O2. The molecule has 2 aromatic rings. The molecule has 1 aliphatic heterocycles. The summed E-state index contributed by atoms with van der Waals surface area (Å²) < 4.78 is 0. The number of nitro benzene ring substituents is 1. The number of para-hydroxylation sites is 1. The van der Waals surface area contributed by atoms with Crippen molar-refractivity contribution < 1.29 is 4.92 Å². The van der Waals surface area contributed by atoms with E-state index in [4.69, 9.17) is 0 Å². The SMILES string of the molecule is O=[N+]([O-])c1ccccc1-c1cnc(CC2CCNCC2)[nH]1. The second-order valence-corrected chi connectivity index (χ2v) is 5.42. The predicted octanol–water partition coefficient (Wildman–Crippen LogP) is 2.53. The number of imidazole rings is 1. The lowest BCUT2D eigenvalue weighted by Gasteiger charge is -2.21. The Balaban J connectivity index is 1.80. The fraction of sp³-hybridized carbons (Fsp3) is 0.400. The number of piperidine rings is 1. The average molecular weight is 286 g/mol. The van der Waals surface area contributed by atoms with E-state index in [0.29, 0.717) is 17.2 Å². The van der Waals surface area contributed by atoms with E-state index in [2.05, 4.69) is 15.3 Å². The maximum absolute atomic E-state index is 11.1. The van der Waals surface area contributed by atoms with Crippen LogP contribution >= 0.6 is 0 Å². The summed E-state index contributed by atoms with van der Waals surface area (Å²) in [6, 6.07) is 6.74. The summed E-state index contributed by atoms with van der Waals surface area (Å²) in [7, 11) is 0. The third-order valence-electron chi connectivity index (χ3n) is 3.96. The van der Waals surface area contributed by atoms with E-state index in [-0.39, 0.29) is 10.6 Å². The molecular weight excluding hydrogens is 268 g/mol. The fourth-order valence-corrected chi connectivity index (χ4v) is 2.82. The third kappa shape index (κ3) is 3.11. The van der Waals surface area contributed by atoms with Crippen molar-refractivity contribution in [3.05, 3.63) is 46.4 Å². The van der Waals surface area contributed by atoms with E-state index in [0.717, 1.165) is 38.2 Å². The summed E-state index contributed by atoms with van der Waals surface area (Å²) in [5.74, 6) is 1.55. The maximum Gasteiger partial charge on any atom is 0.278 e. The van der Waals surface area contributed by atoms with Crippen LogP contribution in [-0.2, 0) is 6.42 Å². The minimum Gasteiger partial charge on any atom is -0.342 e. The molecule has 1 aromatic carbocycles. The molecule has 1 aromatic heterocycles. The van der Waals surface area contributed by atoms with Gasteiger partial charge in [-0.3, -0.25) is 10.1 Å². The first-order chi connectivity index (χ1) is 10.2. The van der Waals surface area contributed by atoms with Crippen LogP contribution in [0.1, 0.15) is 18.7 Å². The fourth-order valence-electron chi connectivity index (χ4n) is 2.82. The van der Waals surface area contributed by atoms with Crippen LogP contribution in [0.15, 0.2) is 30.5 Å². The van der Waals surface area contributed by atoms with Crippen LogP contribution < -0.4 is 5.32 Å². The number of benzene rings is 1. The molecule has 0 saturated carbocycles. The van der Waals surface area contributed by atoms with Gasteiger partial charge < -0.3 is 10.3 Å². The van der Waals surface area contributed by atoms with Crippen molar-refractivity contribution in [2.75, 3.05) is 13.1 Å². The van der Waals surface area contributed by atoms with Crippen molar-refractivity contribution in [3.63, 3.8) is 0 Å². The zero-order valence-electron chi connectivity index (χ0n) is 11.7. The van der Waals surface area contributed by atoms with E-state index in [1.807, 2.05) is 0 Å². The molecule has 1 fully saturated rings. The first-order valence-corrected chi connectivity index (χ1v) is 7.22. The quantitative estimate of drug-likeness (QED) is 0.668. The monoisotopic (exact) mass is 286 g/mol. The van der Waals surface area contributed by atoms with E-state index >= 15 is 0 Å². The van der Waals surface area contributed by atoms with E-state index in [1.165, 1.54) is 6.07 Å². The Morgan fingerprint density at radius 1 is 1.29 bits per heavy atom. The zero-order valence-corrected chi connectivity index (χ0v) is 11.7. The molecule has 0 spiro atoms. The normalized spacial score (nSPS) is 16.0. The molecule has 21 heavy (non-hydrogen) atoms. The Labute approximate surface area is 122 Å². The van der Waals surface area contributed by atoms with Crippen LogP contribution in [0.3, 0.4) is 0 Å². The van der Waals surface area contributed by atoms with Crippen molar-refractivity contribution in [3.8, 4) is 11.3 Å². The van der Waals surface area contributed by atoms with Crippen molar-refractivity contribution in [2.45, 2.75) is 19.3 Å². The van der Waals surface area contributed by atoms with Gasteiger partial charge in [0.1, 0.15) is 5.82 Å². The van der Waals surface area contributed by atoms with Crippen LogP contribution in [0.2, 0.25) is 0 Å². The van der Waals surface area contributed by atoms with Gasteiger partial charge in [-0.15, -0.1) is 0 Å². The van der Waals surface area contributed by atoms with Crippen molar-refractivity contribution >= 4 is 5.69 Å². The molecule has 2 heterocycles. The summed E-state index contributed by atoms with van der Waals surface area (Å²) >= 11 is 0. The predicted molar refractivity (Wildman–Crippen MR) is 80.0 cm³/mol. The van der Waals surface area contributed by atoms with Crippen LogP contribution in [0, 0.1) is 16.0 Å². The largest absolute Gasteiger partial charge is 0.342 e. The van der Waals surface area contributed by atoms with Crippen molar-refractivity contribution in [1.82, 2.24) is 15.3 Å². The number of hydrogen-bond acceptors (Lipinski definition) is 4. The second kappa shape index (κ2) is 6.05. The van der Waals surface area contributed by atoms with Crippen molar-refractivity contribution in [1.29, 1.82) is 0 Å². The summed E-state index contributed by atoms with van der Waals surface area (Å²) in [5, 5.41) is 14.4. The lowest BCUT2D eigenvalue weighted by Crippen LogP contribution is -2.28. The highest BCUT2D eigenvalue weighted by molar-refractivity contribution is 5.70. The van der Waals surface area contributed by atoms with E-state index < -0.39 is 0 Å². The molecule has 0 atom stereocenters. The highest BCUT2D eigenvalue weighted by atomic mass is 16.6. The molecule has 6 heteroatoms. The molecule has 0 bridgehead atoms. The Bertz CT molecular complexity index is 632. The zero-order chi connectivity index (χ0) is 14.7. The average Bonchev–Trinajstić information content (AvgIpc) is 2.96. The lowest BCUT2D eigenvalue weighted by molar-refractivity contribution is -0.384. The Morgan fingerprint density at radius 2 is 2.05 bits per heavy atom. The van der Waals surface area contributed by atoms with Gasteiger partial charge in [0.15, 0.2) is 0 Å². The molecule has 2 N–H and O–H groups in total. The van der Waals surface area contributed by atoms with Crippen LogP contribution in [0.5, 0.6) is 0 Å². The summed E-state index contributed by atoms with van der Waals surface area (Å²) in [5.41, 5.74) is 1.41. The third-order valence-corrected chi connectivity index (χ3v) is 3.96. The van der Waals surface area contributed by atoms with Gasteiger partial charge in [-0.05, 0) is 37.9 Å². The van der Waals surface area contributed by atoms with Crippen LogP contribution in [0.4, 0.5) is 5.69 Å². The Hall–Kier alpha value is -2.21. The van der Waals surface area contributed by atoms with Gasteiger partial charge in [0.05, 0.1) is 22.4 Å². The number of aromatic amines is 1. The summed E-state index contributed by atoms with van der Waals surface area (Å²) in [6.07, 6.45) is 4.91. The highest BCUT2D eigenvalue weighted by Gasteiger charge is 2.18. The lowest BCUT2D eigenvalue weighted by atomic mass is 9.94. The minimum absolute atomic E-state index is 0.106. The number of hydrogen-bond donors (Lipinski definition) is 2. The number of H-pyrrole nitrogens is 1. The molecule has 0 amide bonds. The molecule has 1 aliphatic rings. The van der Waals surface area contributed by atoms with Gasteiger partial charge in [0.2, 0.25) is 0 Å². The first kappa shape index (κ1) is 13.8. The molecule has 3 rings (SSSR count). The van der Waals surface area contributed by atoms with Crippen LogP contribution in [0.25, 0.3) is 11.3 Å². The number of nitrogens with zero attached hydrogens (tertiary/aromatic N) is 2. The smallest absolute Gasteiger partial charge is 0.278 e.